The van der Waals surface area contributed by atoms with Crippen molar-refractivity contribution in [3.05, 3.63) is 77.4 Å². The molecule has 1 saturated heterocycles. The number of fused-ring (bicyclic) bond motifs is 1. The Bertz CT molecular complexity index is 1450. The van der Waals surface area contributed by atoms with Crippen LogP contribution in [-0.2, 0) is 9.59 Å². The fourth-order valence-corrected chi connectivity index (χ4v) is 4.83. The molecular weight excluding hydrogens is 514 g/mol. The maximum absolute atomic E-state index is 13.5. The summed E-state index contributed by atoms with van der Waals surface area (Å²) in [4.78, 5) is 28.3. The summed E-state index contributed by atoms with van der Waals surface area (Å²) in [6.07, 6.45) is 3.11. The lowest BCUT2D eigenvalue weighted by molar-refractivity contribution is -0.132. The Morgan fingerprint density at radius 3 is 2.48 bits per heavy atom. The van der Waals surface area contributed by atoms with Gasteiger partial charge < -0.3 is 29.2 Å². The average molecular weight is 546 g/mol. The van der Waals surface area contributed by atoms with Crippen LogP contribution in [0.4, 0.5) is 5.69 Å². The molecule has 1 amide bonds. The van der Waals surface area contributed by atoms with Crippen molar-refractivity contribution in [2.75, 3.05) is 24.9 Å². The van der Waals surface area contributed by atoms with Gasteiger partial charge in [-0.25, -0.2) is 0 Å². The predicted octanol–water partition coefficient (Wildman–Crippen LogP) is 5.71. The van der Waals surface area contributed by atoms with E-state index >= 15 is 0 Å². The van der Waals surface area contributed by atoms with E-state index in [-0.39, 0.29) is 29.6 Å². The highest BCUT2D eigenvalue weighted by atomic mass is 16.7. The molecule has 3 aromatic carbocycles. The number of benzene rings is 3. The number of carbonyl (C=O) groups is 2. The quantitative estimate of drug-likeness (QED) is 0.144. The van der Waals surface area contributed by atoms with Crippen molar-refractivity contribution in [2.45, 2.75) is 39.2 Å². The standard InChI is InChI=1S/C31H31NO8/c1-3-5-6-15-38-22-11-7-19(8-12-22)29(34)27-28(20-9-13-23(33)25(16-20)37-4-2)32(31(36)30(27)35)21-10-14-24-26(17-21)40-18-39-24/h7-14,16-17,28,33-34H,3-6,15,18H2,1-2H3/b29-27+. The second-order valence-electron chi connectivity index (χ2n) is 9.45. The minimum absolute atomic E-state index is 0.0506. The molecule has 9 heteroatoms. The lowest BCUT2D eigenvalue weighted by atomic mass is 9.94. The van der Waals surface area contributed by atoms with E-state index in [1.54, 1.807) is 61.5 Å². The first-order chi connectivity index (χ1) is 19.4. The molecule has 2 N–H and O–H groups in total. The fourth-order valence-electron chi connectivity index (χ4n) is 4.83. The minimum atomic E-state index is -1.01. The lowest BCUT2D eigenvalue weighted by Gasteiger charge is -2.26. The van der Waals surface area contributed by atoms with E-state index in [1.807, 2.05) is 0 Å². The van der Waals surface area contributed by atoms with E-state index < -0.39 is 17.7 Å². The monoisotopic (exact) mass is 545 g/mol. The van der Waals surface area contributed by atoms with Crippen molar-refractivity contribution < 1.29 is 38.7 Å². The first-order valence-electron chi connectivity index (χ1n) is 13.3. The molecular formula is C31H31NO8. The highest BCUT2D eigenvalue weighted by Gasteiger charge is 2.47. The van der Waals surface area contributed by atoms with E-state index in [4.69, 9.17) is 18.9 Å². The molecule has 208 valence electrons. The van der Waals surface area contributed by atoms with Crippen molar-refractivity contribution in [3.8, 4) is 28.7 Å². The molecule has 2 heterocycles. The van der Waals surface area contributed by atoms with Gasteiger partial charge in [0.1, 0.15) is 11.5 Å². The summed E-state index contributed by atoms with van der Waals surface area (Å²) in [6, 6.07) is 15.3. The number of aromatic hydroxyl groups is 1. The van der Waals surface area contributed by atoms with Crippen LogP contribution >= 0.6 is 0 Å². The smallest absolute Gasteiger partial charge is 0.300 e. The van der Waals surface area contributed by atoms with Crippen LogP contribution in [0.1, 0.15) is 50.3 Å². The van der Waals surface area contributed by atoms with E-state index in [2.05, 4.69) is 6.92 Å². The molecule has 0 saturated carbocycles. The third kappa shape index (κ3) is 5.14. The molecule has 0 aliphatic carbocycles. The summed E-state index contributed by atoms with van der Waals surface area (Å²) in [7, 11) is 0. The van der Waals surface area contributed by atoms with Crippen LogP contribution in [0.15, 0.2) is 66.2 Å². The predicted molar refractivity (Wildman–Crippen MR) is 148 cm³/mol. The van der Waals surface area contributed by atoms with E-state index in [0.717, 1.165) is 19.3 Å². The first kappa shape index (κ1) is 26.9. The number of Topliss-reactive ketones (excluding diaryl/α,β-unsaturated/α-hetero) is 1. The Balaban J connectivity index is 1.58. The van der Waals surface area contributed by atoms with Gasteiger partial charge in [-0.1, -0.05) is 25.8 Å². The van der Waals surface area contributed by atoms with Gasteiger partial charge in [-0.3, -0.25) is 14.5 Å². The number of phenolic OH excluding ortho intramolecular Hbond substituents is 1. The molecule has 1 unspecified atom stereocenters. The van der Waals surface area contributed by atoms with Crippen molar-refractivity contribution >= 4 is 23.1 Å². The molecule has 0 aromatic heterocycles. The number of ether oxygens (including phenoxy) is 4. The number of aliphatic hydroxyl groups is 1. The topological polar surface area (TPSA) is 115 Å². The largest absolute Gasteiger partial charge is 0.507 e. The van der Waals surface area contributed by atoms with Gasteiger partial charge in [0.05, 0.1) is 24.8 Å². The summed E-state index contributed by atoms with van der Waals surface area (Å²) in [6.45, 7) is 4.84. The van der Waals surface area contributed by atoms with Crippen LogP contribution in [0.3, 0.4) is 0 Å². The third-order valence-electron chi connectivity index (χ3n) is 6.82. The van der Waals surface area contributed by atoms with Crippen molar-refractivity contribution in [2.24, 2.45) is 0 Å². The van der Waals surface area contributed by atoms with Gasteiger partial charge in [0.25, 0.3) is 11.7 Å². The molecule has 1 fully saturated rings. The molecule has 0 radical (unpaired) electrons. The van der Waals surface area contributed by atoms with Crippen LogP contribution in [0.25, 0.3) is 5.76 Å². The number of rotatable bonds is 10. The maximum atomic E-state index is 13.5. The summed E-state index contributed by atoms with van der Waals surface area (Å²) in [5.41, 5.74) is 1.12. The number of hydrogen-bond donors (Lipinski definition) is 2. The van der Waals surface area contributed by atoms with Gasteiger partial charge in [-0.2, -0.15) is 0 Å². The number of phenols is 1. The second-order valence-corrected chi connectivity index (χ2v) is 9.45. The number of hydrogen-bond acceptors (Lipinski definition) is 8. The molecule has 3 aromatic rings. The maximum Gasteiger partial charge on any atom is 0.300 e. The molecule has 0 spiro atoms. The van der Waals surface area contributed by atoms with Crippen LogP contribution in [0.2, 0.25) is 0 Å². The second kappa shape index (κ2) is 11.6. The van der Waals surface area contributed by atoms with Crippen LogP contribution < -0.4 is 23.8 Å². The summed E-state index contributed by atoms with van der Waals surface area (Å²) in [5.74, 6) is -0.259. The first-order valence-corrected chi connectivity index (χ1v) is 13.3. The summed E-state index contributed by atoms with van der Waals surface area (Å²) >= 11 is 0. The average Bonchev–Trinajstić information content (AvgIpc) is 3.54. The molecule has 5 rings (SSSR count). The molecule has 2 aliphatic rings. The number of aliphatic hydroxyl groups excluding tert-OH is 1. The van der Waals surface area contributed by atoms with Gasteiger partial charge in [0.15, 0.2) is 23.0 Å². The van der Waals surface area contributed by atoms with E-state index in [0.29, 0.717) is 47.3 Å². The van der Waals surface area contributed by atoms with Gasteiger partial charge in [0, 0.05) is 17.3 Å². The lowest BCUT2D eigenvalue weighted by Crippen LogP contribution is -2.29. The van der Waals surface area contributed by atoms with Gasteiger partial charge in [-0.05, 0) is 67.4 Å². The molecule has 0 bridgehead atoms. The van der Waals surface area contributed by atoms with Crippen LogP contribution in [0.5, 0.6) is 28.7 Å². The minimum Gasteiger partial charge on any atom is -0.507 e. The Morgan fingerprint density at radius 2 is 1.73 bits per heavy atom. The van der Waals surface area contributed by atoms with Crippen LogP contribution in [0, 0.1) is 0 Å². The Kier molecular flexibility index (Phi) is 7.82. The van der Waals surface area contributed by atoms with Gasteiger partial charge in [-0.15, -0.1) is 0 Å². The Labute approximate surface area is 232 Å². The van der Waals surface area contributed by atoms with Gasteiger partial charge >= 0.3 is 0 Å². The number of amides is 1. The fraction of sp³-hybridized carbons (Fsp3) is 0.290. The molecule has 40 heavy (non-hydrogen) atoms. The number of anilines is 1. The van der Waals surface area contributed by atoms with Crippen LogP contribution in [-0.4, -0.2) is 41.9 Å². The number of nitrogens with zero attached hydrogens (tertiary/aromatic N) is 1. The highest BCUT2D eigenvalue weighted by Crippen LogP contribution is 2.46. The Morgan fingerprint density at radius 1 is 0.950 bits per heavy atom. The van der Waals surface area contributed by atoms with E-state index in [1.165, 1.54) is 11.0 Å². The van der Waals surface area contributed by atoms with Crippen molar-refractivity contribution in [1.82, 2.24) is 0 Å². The zero-order chi connectivity index (χ0) is 28.2. The van der Waals surface area contributed by atoms with E-state index in [9.17, 15) is 19.8 Å². The highest BCUT2D eigenvalue weighted by molar-refractivity contribution is 6.51. The zero-order valence-corrected chi connectivity index (χ0v) is 22.4. The molecule has 2 aliphatic heterocycles. The SMILES string of the molecule is CCCCCOc1ccc(/C(O)=C2\C(=O)C(=O)N(c3ccc4c(c3)OCO4)C2c2ccc(O)c(OCC)c2)cc1. The number of carbonyl (C=O) groups excluding carboxylic acids is 2. The van der Waals surface area contributed by atoms with Crippen molar-refractivity contribution in [3.63, 3.8) is 0 Å². The number of ketones is 1. The molecule has 1 atom stereocenters. The Hall–Kier alpha value is -4.66. The van der Waals surface area contributed by atoms with Gasteiger partial charge in [0.2, 0.25) is 6.79 Å². The normalized spacial score (nSPS) is 17.4. The number of unbranched alkanes of at least 4 members (excludes halogenated alkanes) is 2. The zero-order valence-electron chi connectivity index (χ0n) is 22.4. The van der Waals surface area contributed by atoms with Crippen molar-refractivity contribution in [1.29, 1.82) is 0 Å². The molecule has 9 nitrogen and oxygen atoms in total. The summed E-state index contributed by atoms with van der Waals surface area (Å²) < 4.78 is 22.2. The summed E-state index contributed by atoms with van der Waals surface area (Å²) in [5, 5.41) is 21.7. The third-order valence-corrected chi connectivity index (χ3v) is 6.82.